The summed E-state index contributed by atoms with van der Waals surface area (Å²) in [6, 6.07) is 15.1. The molecule has 0 radical (unpaired) electrons. The van der Waals surface area contributed by atoms with Crippen molar-refractivity contribution in [2.24, 2.45) is 16.7 Å². The molecule has 1 amide bonds. The van der Waals surface area contributed by atoms with E-state index in [2.05, 4.69) is 5.32 Å². The molecular formula is C45H57NO14. The third kappa shape index (κ3) is 7.52. The fourth-order valence-electron chi connectivity index (χ4n) is 10.1. The number of aliphatic hydroxyl groups excluding tert-OH is 1. The summed E-state index contributed by atoms with van der Waals surface area (Å²) < 4.78 is 42.4. The number of carbonyl (C=O) groups excluding carboxylic acids is 5. The number of nitrogens with one attached hydrogen (secondary N) is 1. The van der Waals surface area contributed by atoms with Crippen molar-refractivity contribution in [2.75, 3.05) is 20.8 Å². The van der Waals surface area contributed by atoms with Crippen LogP contribution in [0.2, 0.25) is 0 Å². The van der Waals surface area contributed by atoms with Crippen LogP contribution in [-0.2, 0) is 47.5 Å². The first-order chi connectivity index (χ1) is 28.1. The van der Waals surface area contributed by atoms with E-state index in [9.17, 15) is 29.4 Å². The first-order valence-corrected chi connectivity index (χ1v) is 20.1. The Kier molecular flexibility index (Phi) is 12.2. The Morgan fingerprint density at radius 3 is 2.08 bits per heavy atom. The molecule has 3 N–H and O–H groups in total. The van der Waals surface area contributed by atoms with E-state index in [1.807, 2.05) is 0 Å². The number of carbonyl (C=O) groups is 5. The van der Waals surface area contributed by atoms with Crippen LogP contribution in [0, 0.1) is 16.7 Å². The highest BCUT2D eigenvalue weighted by molar-refractivity contribution is 5.94. The predicted molar refractivity (Wildman–Crippen MR) is 213 cm³/mol. The predicted octanol–water partition coefficient (Wildman–Crippen LogP) is 4.57. The number of ether oxygens (including phenoxy) is 7. The Morgan fingerprint density at radius 1 is 0.933 bits per heavy atom. The smallest absolute Gasteiger partial charge is 0.408 e. The van der Waals surface area contributed by atoms with E-state index >= 15 is 4.79 Å². The normalized spacial score (nSPS) is 33.0. The minimum atomic E-state index is -2.22. The Balaban J connectivity index is 1.52. The molecule has 0 spiro atoms. The minimum Gasteiger partial charge on any atom is -0.456 e. The number of amides is 1. The maximum atomic E-state index is 15.5. The molecule has 6 rings (SSSR count). The lowest BCUT2D eigenvalue weighted by molar-refractivity contribution is -0.347. The van der Waals surface area contributed by atoms with E-state index in [-0.39, 0.29) is 24.2 Å². The zero-order valence-electron chi connectivity index (χ0n) is 35.8. The number of benzene rings is 2. The van der Waals surface area contributed by atoms with Gasteiger partial charge in [0.1, 0.15) is 35.6 Å². The van der Waals surface area contributed by atoms with E-state index in [0.29, 0.717) is 11.1 Å². The molecular weight excluding hydrogens is 778 g/mol. The first-order valence-electron chi connectivity index (χ1n) is 20.1. The number of Topliss-reactive ketones (excluding diaryl/α,β-unsaturated/α-hetero) is 1. The van der Waals surface area contributed by atoms with Crippen molar-refractivity contribution < 1.29 is 67.3 Å². The standard InChI is InChI=1S/C45H57NO14/c1-24-28(57-39(51)33(48)32(26-17-13-11-14-18-26)46-40(52)60-41(3,4)5)22-45(53)37(58-38(50)27-19-15-12-16-20-27)35-43(8,36(49)34(55-10)31(24)42(45,6)7)29(54-9)21-30-44(35,23-56-30)59-25(2)47/h11-20,28-30,32-35,37,48,53H,21-23H2,1-10H3,(H,46,52)/t28?,29-,30+,32-,33+,34?,35-,37-,43+,44-,45+/m0/s1. The van der Waals surface area contributed by atoms with Crippen molar-refractivity contribution in [3.8, 4) is 0 Å². The highest BCUT2D eigenvalue weighted by atomic mass is 16.6. The summed E-state index contributed by atoms with van der Waals surface area (Å²) in [5, 5.41) is 28.0. The van der Waals surface area contributed by atoms with Crippen molar-refractivity contribution >= 4 is 29.8 Å². The third-order valence-corrected chi connectivity index (χ3v) is 13.0. The number of hydrogen-bond donors (Lipinski definition) is 3. The number of aliphatic hydroxyl groups is 2. The van der Waals surface area contributed by atoms with E-state index < -0.39 is 112 Å². The highest BCUT2D eigenvalue weighted by Crippen LogP contribution is 2.64. The van der Waals surface area contributed by atoms with Crippen LogP contribution < -0.4 is 5.32 Å². The molecule has 2 saturated carbocycles. The summed E-state index contributed by atoms with van der Waals surface area (Å²) >= 11 is 0. The second-order valence-electron chi connectivity index (χ2n) is 18.0. The van der Waals surface area contributed by atoms with Gasteiger partial charge in [-0.15, -0.1) is 0 Å². The Morgan fingerprint density at radius 2 is 1.55 bits per heavy atom. The number of esters is 3. The van der Waals surface area contributed by atoms with Crippen molar-refractivity contribution in [3.63, 3.8) is 0 Å². The summed E-state index contributed by atoms with van der Waals surface area (Å²) in [6.45, 7) is 12.7. The molecule has 326 valence electrons. The van der Waals surface area contributed by atoms with Gasteiger partial charge < -0.3 is 48.7 Å². The average Bonchev–Trinajstić information content (AvgIpc) is 3.18. The molecule has 0 aromatic heterocycles. The maximum Gasteiger partial charge on any atom is 0.408 e. The Bertz CT molecular complexity index is 2010. The van der Waals surface area contributed by atoms with Gasteiger partial charge >= 0.3 is 24.0 Å². The number of ketones is 1. The van der Waals surface area contributed by atoms with E-state index in [4.69, 9.17) is 33.2 Å². The second kappa shape index (κ2) is 16.3. The molecule has 60 heavy (non-hydrogen) atoms. The molecule has 1 heterocycles. The molecule has 4 aliphatic rings. The second-order valence-corrected chi connectivity index (χ2v) is 18.0. The number of fused-ring (bicyclic) bond motifs is 5. The molecule has 11 atom stereocenters. The van der Waals surface area contributed by atoms with E-state index in [1.165, 1.54) is 21.1 Å². The third-order valence-electron chi connectivity index (χ3n) is 13.0. The summed E-state index contributed by atoms with van der Waals surface area (Å²) in [7, 11) is 2.78. The lowest BCUT2D eigenvalue weighted by Crippen LogP contribution is -2.82. The van der Waals surface area contributed by atoms with Gasteiger partial charge in [-0.3, -0.25) is 9.59 Å². The van der Waals surface area contributed by atoms with Crippen LogP contribution in [0.5, 0.6) is 0 Å². The summed E-state index contributed by atoms with van der Waals surface area (Å²) in [5.74, 6) is -4.52. The minimum absolute atomic E-state index is 0.121. The Hall–Kier alpha value is -4.67. The number of alkyl carbamates (subject to hydrolysis) is 1. The van der Waals surface area contributed by atoms with Gasteiger partial charge in [0.25, 0.3) is 0 Å². The summed E-state index contributed by atoms with van der Waals surface area (Å²) in [4.78, 5) is 70.1. The Labute approximate surface area is 350 Å². The molecule has 2 aromatic carbocycles. The van der Waals surface area contributed by atoms with Crippen LogP contribution in [0.15, 0.2) is 71.8 Å². The van der Waals surface area contributed by atoms with Gasteiger partial charge in [-0.05, 0) is 63.5 Å². The van der Waals surface area contributed by atoms with Crippen LogP contribution in [0.3, 0.4) is 0 Å². The van der Waals surface area contributed by atoms with Gasteiger partial charge in [-0.1, -0.05) is 62.4 Å². The molecule has 15 heteroatoms. The SMILES string of the molecule is COC1C(=O)[C@]2(C)[C@@H](OC)C[C@H]3OC[C@@]3(OC(C)=O)[C@H]2[C@H](OC(=O)c2ccccc2)[C@]2(O)CC(OC(=O)[C@H](O)[C@@H](NC(=O)OC(C)(C)C)c3ccccc3)C(C)=C1C2(C)C. The van der Waals surface area contributed by atoms with Gasteiger partial charge in [-0.2, -0.15) is 0 Å². The quantitative estimate of drug-likeness (QED) is 0.171. The summed E-state index contributed by atoms with van der Waals surface area (Å²) in [5.41, 5.74) is -6.72. The van der Waals surface area contributed by atoms with Crippen molar-refractivity contribution in [1.82, 2.24) is 5.32 Å². The van der Waals surface area contributed by atoms with Crippen LogP contribution in [0.4, 0.5) is 4.79 Å². The van der Waals surface area contributed by atoms with Crippen molar-refractivity contribution in [3.05, 3.63) is 82.9 Å². The van der Waals surface area contributed by atoms with Crippen molar-refractivity contribution in [2.45, 2.75) is 128 Å². The highest BCUT2D eigenvalue weighted by Gasteiger charge is 2.78. The van der Waals surface area contributed by atoms with Crippen LogP contribution in [0.25, 0.3) is 0 Å². The largest absolute Gasteiger partial charge is 0.456 e. The average molecular weight is 836 g/mol. The lowest BCUT2D eigenvalue weighted by atomic mass is 9.44. The molecule has 2 aromatic rings. The lowest BCUT2D eigenvalue weighted by Gasteiger charge is -2.67. The zero-order valence-corrected chi connectivity index (χ0v) is 35.8. The summed E-state index contributed by atoms with van der Waals surface area (Å²) in [6.07, 6.45) is -9.31. The fraction of sp³-hybridized carbons (Fsp3) is 0.578. The van der Waals surface area contributed by atoms with Gasteiger partial charge in [0.2, 0.25) is 0 Å². The molecule has 15 nitrogen and oxygen atoms in total. The number of hydrogen-bond acceptors (Lipinski definition) is 14. The van der Waals surface area contributed by atoms with Crippen LogP contribution >= 0.6 is 0 Å². The van der Waals surface area contributed by atoms with Gasteiger partial charge in [0.15, 0.2) is 17.5 Å². The molecule has 2 bridgehead atoms. The number of methoxy groups -OCH3 is 2. The molecule has 3 fully saturated rings. The zero-order chi connectivity index (χ0) is 44.2. The first kappa shape index (κ1) is 44.9. The van der Waals surface area contributed by atoms with Crippen molar-refractivity contribution in [1.29, 1.82) is 0 Å². The van der Waals surface area contributed by atoms with Crippen LogP contribution in [0.1, 0.15) is 90.2 Å². The van der Waals surface area contributed by atoms with E-state index in [1.54, 1.807) is 109 Å². The number of rotatable bonds is 10. The topological polar surface area (TPSA) is 202 Å². The van der Waals surface area contributed by atoms with E-state index in [0.717, 1.165) is 0 Å². The maximum absolute atomic E-state index is 15.5. The van der Waals surface area contributed by atoms with Gasteiger partial charge in [0, 0.05) is 39.4 Å². The van der Waals surface area contributed by atoms with Crippen LogP contribution in [-0.4, -0.2) is 114 Å². The van der Waals surface area contributed by atoms with Gasteiger partial charge in [-0.25, -0.2) is 14.4 Å². The monoisotopic (exact) mass is 835 g/mol. The van der Waals surface area contributed by atoms with Gasteiger partial charge in [0.05, 0.1) is 35.6 Å². The fourth-order valence-corrected chi connectivity index (χ4v) is 10.1. The molecule has 1 aliphatic heterocycles. The molecule has 2 unspecified atom stereocenters. The molecule has 3 aliphatic carbocycles. The molecule has 1 saturated heterocycles.